The molecule has 3 aromatic rings. The van der Waals surface area contributed by atoms with E-state index in [0.717, 1.165) is 74.1 Å². The minimum atomic E-state index is 0.401. The Bertz CT molecular complexity index is 1160. The van der Waals surface area contributed by atoms with Crippen molar-refractivity contribution in [3.63, 3.8) is 0 Å². The van der Waals surface area contributed by atoms with Crippen LogP contribution in [0, 0.1) is 0 Å². The molecule has 2 fully saturated rings. The minimum Gasteiger partial charge on any atom is -0.497 e. The van der Waals surface area contributed by atoms with Gasteiger partial charge >= 0.3 is 0 Å². The first-order chi connectivity index (χ1) is 19.3. The second kappa shape index (κ2) is 14.4. The van der Waals surface area contributed by atoms with Gasteiger partial charge in [0.15, 0.2) is 0 Å². The summed E-state index contributed by atoms with van der Waals surface area (Å²) in [5, 5.41) is 18.8. The molecule has 1 aliphatic heterocycles. The van der Waals surface area contributed by atoms with Gasteiger partial charge in [-0.1, -0.05) is 43.5 Å². The number of methoxy groups -OCH3 is 1. The predicted octanol–water partition coefficient (Wildman–Crippen LogP) is 4.82. The summed E-state index contributed by atoms with van der Waals surface area (Å²) in [4.78, 5) is 9.66. The Balaban J connectivity index is 1.11. The summed E-state index contributed by atoms with van der Waals surface area (Å²) in [6.45, 7) is 5.79. The third-order valence-electron chi connectivity index (χ3n) is 7.95. The maximum atomic E-state index is 5.46. The van der Waals surface area contributed by atoms with Crippen molar-refractivity contribution in [2.75, 3.05) is 43.9 Å². The second-order valence-corrected chi connectivity index (χ2v) is 10.9. The van der Waals surface area contributed by atoms with Crippen LogP contribution in [-0.2, 0) is 13.1 Å². The fourth-order valence-electron chi connectivity index (χ4n) is 5.60. The summed E-state index contributed by atoms with van der Waals surface area (Å²) >= 11 is 0. The van der Waals surface area contributed by atoms with Crippen molar-refractivity contribution in [2.45, 2.75) is 76.5 Å². The van der Waals surface area contributed by atoms with E-state index in [-0.39, 0.29) is 0 Å². The summed E-state index contributed by atoms with van der Waals surface area (Å²) < 4.78 is 5.46. The first kappa shape index (κ1) is 27.6. The molecule has 2 aromatic carbocycles. The van der Waals surface area contributed by atoms with Crippen molar-refractivity contribution in [2.24, 2.45) is 0 Å². The average molecular weight is 532 g/mol. The fraction of sp³-hybridized carbons (Fsp3) is 0.548. The molecule has 1 saturated carbocycles. The summed E-state index contributed by atoms with van der Waals surface area (Å²) in [5.74, 6) is 2.31. The summed E-state index contributed by atoms with van der Waals surface area (Å²) in [7, 11) is 1.69. The summed E-state index contributed by atoms with van der Waals surface area (Å²) in [5.41, 5.74) is 3.42. The standard InChI is InChI=1S/C31H45N7O/c1-39-27-12-13-29-28(20-27)30(36-26-14-18-32-19-15-26)38-31(37-29)35-22-24-10-8-23(9-11-24)21-33-16-5-17-34-25-6-3-2-4-7-25/h8-13,20,25-26,32-34H,2-7,14-19,21-22H2,1H3,(H2,35,36,37,38). The number of piperidine rings is 1. The molecule has 0 bridgehead atoms. The molecule has 39 heavy (non-hydrogen) atoms. The molecular weight excluding hydrogens is 486 g/mol. The average Bonchev–Trinajstić information content (AvgIpc) is 2.99. The van der Waals surface area contributed by atoms with Crippen LogP contribution in [0.2, 0.25) is 0 Å². The highest BCUT2D eigenvalue weighted by Gasteiger charge is 2.17. The normalized spacial score (nSPS) is 16.8. The molecule has 5 N–H and O–H groups in total. The topological polar surface area (TPSA) is 95.2 Å². The number of hydrogen-bond acceptors (Lipinski definition) is 8. The van der Waals surface area contributed by atoms with Gasteiger partial charge in [0.2, 0.25) is 5.95 Å². The number of fused-ring (bicyclic) bond motifs is 1. The first-order valence-electron chi connectivity index (χ1n) is 14.9. The minimum absolute atomic E-state index is 0.401. The third kappa shape index (κ3) is 8.27. The highest BCUT2D eigenvalue weighted by molar-refractivity contribution is 5.91. The molecule has 8 heteroatoms. The highest BCUT2D eigenvalue weighted by atomic mass is 16.5. The molecule has 0 atom stereocenters. The summed E-state index contributed by atoms with van der Waals surface area (Å²) in [6, 6.07) is 15.9. The Kier molecular flexibility index (Phi) is 10.2. The lowest BCUT2D eigenvalue weighted by atomic mass is 9.95. The van der Waals surface area contributed by atoms with Crippen molar-refractivity contribution < 1.29 is 4.74 Å². The zero-order chi connectivity index (χ0) is 26.7. The van der Waals surface area contributed by atoms with Crippen molar-refractivity contribution in [1.29, 1.82) is 0 Å². The molecule has 1 aromatic heterocycles. The van der Waals surface area contributed by atoms with Gasteiger partial charge in [-0.25, -0.2) is 4.98 Å². The van der Waals surface area contributed by atoms with Gasteiger partial charge in [-0.3, -0.25) is 0 Å². The van der Waals surface area contributed by atoms with E-state index in [9.17, 15) is 0 Å². The Hall–Kier alpha value is -2.94. The predicted molar refractivity (Wildman–Crippen MR) is 161 cm³/mol. The number of hydrogen-bond donors (Lipinski definition) is 5. The highest BCUT2D eigenvalue weighted by Crippen LogP contribution is 2.28. The van der Waals surface area contributed by atoms with Crippen molar-refractivity contribution in [3.05, 3.63) is 53.6 Å². The van der Waals surface area contributed by atoms with Crippen molar-refractivity contribution in [1.82, 2.24) is 25.9 Å². The van der Waals surface area contributed by atoms with Crippen molar-refractivity contribution in [3.8, 4) is 5.75 Å². The van der Waals surface area contributed by atoms with Crippen LogP contribution in [0.15, 0.2) is 42.5 Å². The number of rotatable bonds is 13. The maximum absolute atomic E-state index is 5.46. The van der Waals surface area contributed by atoms with Gasteiger partial charge in [-0.05, 0) is 87.6 Å². The maximum Gasteiger partial charge on any atom is 0.225 e. The smallest absolute Gasteiger partial charge is 0.225 e. The van der Waals surface area contributed by atoms with Gasteiger partial charge in [-0.15, -0.1) is 0 Å². The Morgan fingerprint density at radius 3 is 2.38 bits per heavy atom. The number of nitrogens with zero attached hydrogens (tertiary/aromatic N) is 2. The summed E-state index contributed by atoms with van der Waals surface area (Å²) in [6.07, 6.45) is 10.2. The molecule has 5 rings (SSSR count). The van der Waals surface area contributed by atoms with Crippen LogP contribution in [0.5, 0.6) is 5.75 Å². The fourth-order valence-corrected chi connectivity index (χ4v) is 5.60. The lowest BCUT2D eigenvalue weighted by molar-refractivity contribution is 0.371. The number of nitrogens with one attached hydrogen (secondary N) is 5. The van der Waals surface area contributed by atoms with E-state index < -0.39 is 0 Å². The molecule has 1 aliphatic carbocycles. The van der Waals surface area contributed by atoms with E-state index in [1.54, 1.807) is 7.11 Å². The molecule has 1 saturated heterocycles. The molecule has 0 amide bonds. The van der Waals surface area contributed by atoms with Gasteiger partial charge in [-0.2, -0.15) is 4.98 Å². The second-order valence-electron chi connectivity index (χ2n) is 10.9. The number of anilines is 2. The van der Waals surface area contributed by atoms with Gasteiger partial charge in [0.1, 0.15) is 11.6 Å². The van der Waals surface area contributed by atoms with Crippen LogP contribution in [0.4, 0.5) is 11.8 Å². The van der Waals surface area contributed by atoms with E-state index in [0.29, 0.717) is 18.5 Å². The number of ether oxygens (including phenoxy) is 1. The first-order valence-corrected chi connectivity index (χ1v) is 14.9. The van der Waals surface area contributed by atoms with E-state index in [2.05, 4.69) is 50.8 Å². The Morgan fingerprint density at radius 1 is 0.846 bits per heavy atom. The van der Waals surface area contributed by atoms with Crippen LogP contribution in [0.1, 0.15) is 62.5 Å². The zero-order valence-corrected chi connectivity index (χ0v) is 23.4. The third-order valence-corrected chi connectivity index (χ3v) is 7.95. The van der Waals surface area contributed by atoms with Crippen LogP contribution in [0.3, 0.4) is 0 Å². The van der Waals surface area contributed by atoms with Gasteiger partial charge in [0.05, 0.1) is 12.6 Å². The SMILES string of the molecule is COc1ccc2nc(NCc3ccc(CNCCCNC4CCCCC4)cc3)nc(NC3CCNCC3)c2c1. The van der Waals surface area contributed by atoms with Gasteiger partial charge in [0.25, 0.3) is 0 Å². The van der Waals surface area contributed by atoms with E-state index in [1.807, 2.05) is 18.2 Å². The van der Waals surface area contributed by atoms with Crippen molar-refractivity contribution >= 4 is 22.7 Å². The lowest BCUT2D eigenvalue weighted by Gasteiger charge is -2.25. The lowest BCUT2D eigenvalue weighted by Crippen LogP contribution is -2.35. The zero-order valence-electron chi connectivity index (χ0n) is 23.4. The van der Waals surface area contributed by atoms with E-state index in [1.165, 1.54) is 49.7 Å². The molecule has 0 radical (unpaired) electrons. The van der Waals surface area contributed by atoms with Gasteiger partial charge in [0, 0.05) is 30.6 Å². The van der Waals surface area contributed by atoms with Crippen LogP contribution in [0.25, 0.3) is 10.9 Å². The Morgan fingerprint density at radius 2 is 1.62 bits per heavy atom. The monoisotopic (exact) mass is 531 g/mol. The number of aromatic nitrogens is 2. The van der Waals surface area contributed by atoms with E-state index in [4.69, 9.17) is 14.7 Å². The largest absolute Gasteiger partial charge is 0.497 e. The number of benzene rings is 2. The molecule has 210 valence electrons. The molecule has 8 nitrogen and oxygen atoms in total. The van der Waals surface area contributed by atoms with Crippen LogP contribution >= 0.6 is 0 Å². The quantitative estimate of drug-likeness (QED) is 0.201. The molecule has 2 heterocycles. The molecular formula is C31H45N7O. The molecule has 0 unspecified atom stereocenters. The van der Waals surface area contributed by atoms with E-state index >= 15 is 0 Å². The molecule has 2 aliphatic rings. The van der Waals surface area contributed by atoms with Crippen LogP contribution in [-0.4, -0.2) is 55.3 Å². The Labute approximate surface area is 233 Å². The molecule has 0 spiro atoms. The van der Waals surface area contributed by atoms with Gasteiger partial charge < -0.3 is 31.3 Å². The van der Waals surface area contributed by atoms with Crippen LogP contribution < -0.4 is 31.3 Å².